The molecule has 0 spiro atoms. The second-order valence-corrected chi connectivity index (χ2v) is 8.85. The molecule has 1 rings (SSSR count). The number of carbonyl (C=O) groups is 4. The lowest BCUT2D eigenvalue weighted by Crippen LogP contribution is -2.59. The summed E-state index contributed by atoms with van der Waals surface area (Å²) >= 11 is 0. The molecule has 9 nitrogen and oxygen atoms in total. The molecule has 0 aromatic carbocycles. The Hall–Kier alpha value is -2.00. The van der Waals surface area contributed by atoms with Gasteiger partial charge in [-0.2, -0.15) is 0 Å². The maximum Gasteiger partial charge on any atom is 0.411 e. The number of likely N-dealkylation sites (tertiary alicyclic amines) is 1. The van der Waals surface area contributed by atoms with Crippen molar-refractivity contribution in [1.29, 1.82) is 0 Å². The van der Waals surface area contributed by atoms with E-state index < -0.39 is 42.0 Å². The Balaban J connectivity index is 3.39. The Morgan fingerprint density at radius 1 is 1.10 bits per heavy atom. The number of Topliss-reactive ketones (excluding diaryl/α,β-unsaturated/α-hetero) is 2. The molecule has 1 aliphatic rings. The zero-order valence-corrected chi connectivity index (χ0v) is 20.0. The fourth-order valence-corrected chi connectivity index (χ4v) is 3.84. The highest BCUT2D eigenvalue weighted by Gasteiger charge is 2.52. The number of ether oxygens (including phenoxy) is 3. The third-order valence-corrected chi connectivity index (χ3v) is 5.08. The molecule has 1 N–H and O–H groups in total. The van der Waals surface area contributed by atoms with Crippen molar-refractivity contribution in [2.75, 3.05) is 13.2 Å². The lowest BCUT2D eigenvalue weighted by atomic mass is 9.90. The van der Waals surface area contributed by atoms with Crippen LogP contribution in [-0.4, -0.2) is 71.7 Å². The van der Waals surface area contributed by atoms with Crippen LogP contribution in [0.15, 0.2) is 0 Å². The fourth-order valence-electron chi connectivity index (χ4n) is 3.84. The standard InChI is InChI=1S/C22H38N2O7/c1-9-18(27)19(23-14(4)26)20-16(12-30-15(5)29-10-2)11-17(13(3)25)24(20)21(28)31-22(6,7)8/h15-17,19-20H,9-12H2,1-8H3,(H,23,26)/t15?,16-,17+,19?,20+/m0/s1. The fraction of sp³-hybridized carbons (Fsp3) is 0.818. The first-order valence-electron chi connectivity index (χ1n) is 10.9. The van der Waals surface area contributed by atoms with Crippen LogP contribution in [0.4, 0.5) is 4.79 Å². The third-order valence-electron chi connectivity index (χ3n) is 5.08. The molecule has 0 aromatic heterocycles. The minimum absolute atomic E-state index is 0.155. The first kappa shape index (κ1) is 27.0. The maximum absolute atomic E-state index is 13.1. The lowest BCUT2D eigenvalue weighted by Gasteiger charge is -2.37. The molecule has 2 amide bonds. The van der Waals surface area contributed by atoms with Gasteiger partial charge in [0.15, 0.2) is 17.9 Å². The average molecular weight is 443 g/mol. The van der Waals surface area contributed by atoms with Gasteiger partial charge in [0.25, 0.3) is 0 Å². The normalized spacial score (nSPS) is 23.2. The second kappa shape index (κ2) is 11.6. The molecular weight excluding hydrogens is 404 g/mol. The van der Waals surface area contributed by atoms with Crippen LogP contribution in [0, 0.1) is 5.92 Å². The molecule has 0 aromatic rings. The summed E-state index contributed by atoms with van der Waals surface area (Å²) in [6.45, 7) is 13.8. The van der Waals surface area contributed by atoms with E-state index in [1.165, 1.54) is 18.7 Å². The number of carbonyl (C=O) groups excluding carboxylic acids is 4. The lowest BCUT2D eigenvalue weighted by molar-refractivity contribution is -0.139. The van der Waals surface area contributed by atoms with Gasteiger partial charge in [0.05, 0.1) is 18.7 Å². The van der Waals surface area contributed by atoms with Crippen molar-refractivity contribution in [3.63, 3.8) is 0 Å². The van der Waals surface area contributed by atoms with E-state index in [0.29, 0.717) is 13.0 Å². The van der Waals surface area contributed by atoms with Gasteiger partial charge in [-0.1, -0.05) is 6.92 Å². The highest BCUT2D eigenvalue weighted by molar-refractivity contribution is 5.91. The highest BCUT2D eigenvalue weighted by Crippen LogP contribution is 2.35. The average Bonchev–Trinajstić information content (AvgIpc) is 3.02. The molecule has 31 heavy (non-hydrogen) atoms. The van der Waals surface area contributed by atoms with Crippen molar-refractivity contribution in [2.24, 2.45) is 5.92 Å². The number of nitrogens with one attached hydrogen (secondary N) is 1. The number of rotatable bonds is 10. The summed E-state index contributed by atoms with van der Waals surface area (Å²) in [5.74, 6) is -1.23. The van der Waals surface area contributed by atoms with E-state index in [1.54, 1.807) is 34.6 Å². The zero-order valence-electron chi connectivity index (χ0n) is 20.0. The van der Waals surface area contributed by atoms with Crippen LogP contribution in [-0.2, 0) is 28.6 Å². The van der Waals surface area contributed by atoms with Gasteiger partial charge >= 0.3 is 6.09 Å². The molecule has 1 heterocycles. The third kappa shape index (κ3) is 7.88. The van der Waals surface area contributed by atoms with Crippen molar-refractivity contribution >= 4 is 23.6 Å². The van der Waals surface area contributed by atoms with Gasteiger partial charge in [0.2, 0.25) is 5.91 Å². The molecule has 5 atom stereocenters. The second-order valence-electron chi connectivity index (χ2n) is 8.85. The van der Waals surface area contributed by atoms with E-state index in [0.717, 1.165) is 0 Å². The predicted octanol–water partition coefficient (Wildman–Crippen LogP) is 2.45. The summed E-state index contributed by atoms with van der Waals surface area (Å²) in [7, 11) is 0. The summed E-state index contributed by atoms with van der Waals surface area (Å²) in [6, 6.07) is -2.54. The largest absolute Gasteiger partial charge is 0.444 e. The van der Waals surface area contributed by atoms with Crippen LogP contribution in [0.3, 0.4) is 0 Å². The smallest absolute Gasteiger partial charge is 0.411 e. The van der Waals surface area contributed by atoms with Gasteiger partial charge in [-0.3, -0.25) is 19.3 Å². The summed E-state index contributed by atoms with van der Waals surface area (Å²) in [5, 5.41) is 2.69. The van der Waals surface area contributed by atoms with Crippen molar-refractivity contribution in [3.8, 4) is 0 Å². The Labute approximate surface area is 185 Å². The molecule has 178 valence electrons. The first-order valence-corrected chi connectivity index (χ1v) is 10.9. The Morgan fingerprint density at radius 3 is 2.16 bits per heavy atom. The molecule has 1 saturated heterocycles. The molecule has 2 unspecified atom stereocenters. The molecule has 0 aliphatic carbocycles. The number of hydrogen-bond donors (Lipinski definition) is 1. The summed E-state index contributed by atoms with van der Waals surface area (Å²) < 4.78 is 16.8. The quantitative estimate of drug-likeness (QED) is 0.517. The summed E-state index contributed by atoms with van der Waals surface area (Å²) in [6.07, 6.45) is -0.724. The Bertz CT molecular complexity index is 659. The van der Waals surface area contributed by atoms with E-state index in [1.807, 2.05) is 6.92 Å². The van der Waals surface area contributed by atoms with E-state index >= 15 is 0 Å². The molecular formula is C22H38N2O7. The van der Waals surface area contributed by atoms with E-state index in [2.05, 4.69) is 5.32 Å². The number of ketones is 2. The van der Waals surface area contributed by atoms with Crippen LogP contribution in [0.25, 0.3) is 0 Å². The number of amides is 2. The van der Waals surface area contributed by atoms with Crippen molar-refractivity contribution in [1.82, 2.24) is 10.2 Å². The molecule has 1 fully saturated rings. The monoisotopic (exact) mass is 442 g/mol. The molecule has 0 bridgehead atoms. The van der Waals surface area contributed by atoms with Gasteiger partial charge in [-0.25, -0.2) is 4.79 Å². The SMILES string of the molecule is CCOC(C)OC[C@@H]1C[C@H](C(C)=O)N(C(=O)OC(C)(C)C)[C@H]1C(NC(C)=O)C(=O)CC. The first-order chi connectivity index (χ1) is 14.3. The predicted molar refractivity (Wildman–Crippen MR) is 114 cm³/mol. The zero-order chi connectivity index (χ0) is 23.9. The highest BCUT2D eigenvalue weighted by atomic mass is 16.7. The number of hydrogen-bond acceptors (Lipinski definition) is 7. The van der Waals surface area contributed by atoms with Crippen LogP contribution in [0.2, 0.25) is 0 Å². The van der Waals surface area contributed by atoms with Crippen molar-refractivity contribution in [2.45, 2.75) is 98.2 Å². The Morgan fingerprint density at radius 2 is 1.71 bits per heavy atom. The van der Waals surface area contributed by atoms with Crippen molar-refractivity contribution < 1.29 is 33.4 Å². The van der Waals surface area contributed by atoms with Crippen LogP contribution in [0.5, 0.6) is 0 Å². The molecule has 0 radical (unpaired) electrons. The van der Waals surface area contributed by atoms with E-state index in [4.69, 9.17) is 14.2 Å². The van der Waals surface area contributed by atoms with E-state index in [9.17, 15) is 19.2 Å². The van der Waals surface area contributed by atoms with Gasteiger partial charge < -0.3 is 19.5 Å². The minimum atomic E-state index is -0.977. The van der Waals surface area contributed by atoms with Crippen LogP contribution < -0.4 is 5.32 Å². The van der Waals surface area contributed by atoms with Gasteiger partial charge in [-0.05, 0) is 48.0 Å². The molecule has 0 saturated carbocycles. The minimum Gasteiger partial charge on any atom is -0.444 e. The summed E-state index contributed by atoms with van der Waals surface area (Å²) in [4.78, 5) is 51.6. The molecule has 9 heteroatoms. The topological polar surface area (TPSA) is 111 Å². The Kier molecular flexibility index (Phi) is 10.1. The maximum atomic E-state index is 13.1. The van der Waals surface area contributed by atoms with Gasteiger partial charge in [0, 0.05) is 25.9 Å². The van der Waals surface area contributed by atoms with Crippen LogP contribution in [0.1, 0.15) is 68.2 Å². The summed E-state index contributed by atoms with van der Waals surface area (Å²) in [5.41, 5.74) is -0.792. The van der Waals surface area contributed by atoms with E-state index in [-0.39, 0.29) is 30.5 Å². The number of nitrogens with zero attached hydrogens (tertiary/aromatic N) is 1. The molecule has 1 aliphatic heterocycles. The van der Waals surface area contributed by atoms with Crippen LogP contribution >= 0.6 is 0 Å². The van der Waals surface area contributed by atoms with Gasteiger partial charge in [-0.15, -0.1) is 0 Å². The van der Waals surface area contributed by atoms with Crippen molar-refractivity contribution in [3.05, 3.63) is 0 Å². The van der Waals surface area contributed by atoms with Gasteiger partial charge in [0.1, 0.15) is 11.6 Å².